The zero-order chi connectivity index (χ0) is 14.0. The molecular formula is C13H15N2O4. The highest BCUT2D eigenvalue weighted by atomic mass is 16.5. The Kier molecular flexibility index (Phi) is 3.50. The Hall–Kier alpha value is -2.37. The molecule has 0 saturated carbocycles. The standard InChI is InChI=1S/C13H15N2O4/c1-4-19-13(16)12-11(14)7-5-9(17-2)10(18-3)6-8(7)15-12/h5-6H,4,14H2,1-3H3. The fraction of sp³-hybridized carbons (Fsp3) is 0.308. The smallest absolute Gasteiger partial charge is 0.359 e. The van der Waals surface area contributed by atoms with Crippen molar-refractivity contribution in [2.45, 2.75) is 6.92 Å². The Morgan fingerprint density at radius 1 is 1.26 bits per heavy atom. The maximum Gasteiger partial charge on any atom is 0.359 e. The van der Waals surface area contributed by atoms with Crippen LogP contribution in [0.1, 0.15) is 12.5 Å². The topological polar surface area (TPSA) is 84.9 Å². The maximum absolute atomic E-state index is 11.7. The first-order valence-electron chi connectivity index (χ1n) is 5.77. The van der Waals surface area contributed by atoms with Crippen molar-refractivity contribution in [3.8, 4) is 11.5 Å². The number of carbonyl (C=O) groups excluding carboxylic acids is 1. The second-order valence-electron chi connectivity index (χ2n) is 3.82. The summed E-state index contributed by atoms with van der Waals surface area (Å²) in [6.07, 6.45) is 0. The number of rotatable bonds is 4. The summed E-state index contributed by atoms with van der Waals surface area (Å²) in [7, 11) is 3.06. The van der Waals surface area contributed by atoms with E-state index in [1.807, 2.05) is 0 Å². The summed E-state index contributed by atoms with van der Waals surface area (Å²) in [6, 6.07) is 3.37. The Labute approximate surface area is 111 Å². The molecule has 1 aliphatic heterocycles. The number of nitrogens with two attached hydrogens (primary N) is 1. The largest absolute Gasteiger partial charge is 0.493 e. The molecule has 6 nitrogen and oxygen atoms in total. The third-order valence-corrected chi connectivity index (χ3v) is 2.75. The van der Waals surface area contributed by atoms with Crippen LogP contribution in [0.25, 0.3) is 5.70 Å². The number of hydrogen-bond acceptors (Lipinski definition) is 5. The van der Waals surface area contributed by atoms with Crippen LogP contribution in [0.4, 0.5) is 5.69 Å². The van der Waals surface area contributed by atoms with Crippen LogP contribution in [0, 0.1) is 0 Å². The van der Waals surface area contributed by atoms with Gasteiger partial charge in [0.1, 0.15) is 0 Å². The molecule has 101 valence electrons. The van der Waals surface area contributed by atoms with Crippen molar-refractivity contribution in [2.24, 2.45) is 5.73 Å². The van der Waals surface area contributed by atoms with Gasteiger partial charge in [-0.2, -0.15) is 0 Å². The van der Waals surface area contributed by atoms with E-state index < -0.39 is 5.97 Å². The lowest BCUT2D eigenvalue weighted by Gasteiger charge is -2.09. The number of methoxy groups -OCH3 is 2. The lowest BCUT2D eigenvalue weighted by molar-refractivity contribution is -0.138. The summed E-state index contributed by atoms with van der Waals surface area (Å²) < 4.78 is 15.3. The van der Waals surface area contributed by atoms with E-state index in [1.54, 1.807) is 19.1 Å². The zero-order valence-electron chi connectivity index (χ0n) is 11.0. The van der Waals surface area contributed by atoms with Crippen molar-refractivity contribution in [3.05, 3.63) is 23.4 Å². The van der Waals surface area contributed by atoms with Gasteiger partial charge in [0.15, 0.2) is 17.2 Å². The predicted molar refractivity (Wildman–Crippen MR) is 69.1 cm³/mol. The first-order chi connectivity index (χ1) is 9.12. The molecule has 1 aliphatic rings. The van der Waals surface area contributed by atoms with Crippen molar-refractivity contribution in [2.75, 3.05) is 20.8 Å². The summed E-state index contributed by atoms with van der Waals surface area (Å²) in [6.45, 7) is 2.00. The van der Waals surface area contributed by atoms with Gasteiger partial charge in [0.2, 0.25) is 0 Å². The van der Waals surface area contributed by atoms with Crippen LogP contribution in [0.3, 0.4) is 0 Å². The van der Waals surface area contributed by atoms with Crippen LogP contribution in [0.2, 0.25) is 0 Å². The third-order valence-electron chi connectivity index (χ3n) is 2.75. The molecule has 0 bridgehead atoms. The minimum atomic E-state index is -0.533. The molecule has 1 aromatic carbocycles. The Morgan fingerprint density at radius 3 is 2.47 bits per heavy atom. The molecule has 0 aromatic heterocycles. The number of esters is 1. The fourth-order valence-corrected chi connectivity index (χ4v) is 1.84. The Bertz CT molecular complexity index is 552. The van der Waals surface area contributed by atoms with Gasteiger partial charge in [-0.15, -0.1) is 0 Å². The van der Waals surface area contributed by atoms with Crippen molar-refractivity contribution < 1.29 is 19.0 Å². The Morgan fingerprint density at radius 2 is 1.89 bits per heavy atom. The van der Waals surface area contributed by atoms with Crippen LogP contribution in [0.15, 0.2) is 17.8 Å². The molecule has 6 heteroatoms. The average Bonchev–Trinajstić information content (AvgIpc) is 2.74. The number of fused-ring (bicyclic) bond motifs is 1. The highest BCUT2D eigenvalue weighted by molar-refractivity contribution is 6.02. The molecule has 2 N–H and O–H groups in total. The van der Waals surface area contributed by atoms with E-state index in [1.165, 1.54) is 14.2 Å². The van der Waals surface area contributed by atoms with E-state index in [4.69, 9.17) is 19.9 Å². The van der Waals surface area contributed by atoms with Crippen molar-refractivity contribution in [1.29, 1.82) is 0 Å². The van der Waals surface area contributed by atoms with Gasteiger partial charge in [0.25, 0.3) is 0 Å². The first-order valence-corrected chi connectivity index (χ1v) is 5.77. The molecule has 0 unspecified atom stereocenters. The molecule has 1 radical (unpaired) electrons. The summed E-state index contributed by atoms with van der Waals surface area (Å²) in [4.78, 5) is 11.7. The monoisotopic (exact) mass is 263 g/mol. The highest BCUT2D eigenvalue weighted by Gasteiger charge is 2.28. The van der Waals surface area contributed by atoms with Gasteiger partial charge in [0, 0.05) is 11.6 Å². The molecule has 0 amide bonds. The number of carbonyl (C=O) groups is 1. The quantitative estimate of drug-likeness (QED) is 0.823. The summed E-state index contributed by atoms with van der Waals surface area (Å²) in [5.41, 5.74) is 7.54. The molecule has 0 atom stereocenters. The molecule has 0 fully saturated rings. The molecule has 0 aliphatic carbocycles. The normalized spacial score (nSPS) is 12.8. The van der Waals surface area contributed by atoms with E-state index in [0.717, 1.165) is 0 Å². The van der Waals surface area contributed by atoms with Crippen LogP contribution < -0.4 is 20.5 Å². The lowest BCUT2D eigenvalue weighted by Crippen LogP contribution is -2.14. The summed E-state index contributed by atoms with van der Waals surface area (Å²) >= 11 is 0. The van der Waals surface area contributed by atoms with Crippen LogP contribution in [-0.4, -0.2) is 26.8 Å². The van der Waals surface area contributed by atoms with Crippen LogP contribution in [0.5, 0.6) is 11.5 Å². The van der Waals surface area contributed by atoms with E-state index in [2.05, 4.69) is 5.32 Å². The van der Waals surface area contributed by atoms with Crippen molar-refractivity contribution in [3.63, 3.8) is 0 Å². The zero-order valence-corrected chi connectivity index (χ0v) is 11.0. The molecule has 0 saturated heterocycles. The van der Waals surface area contributed by atoms with E-state index >= 15 is 0 Å². The van der Waals surface area contributed by atoms with E-state index in [-0.39, 0.29) is 18.0 Å². The first kappa shape index (κ1) is 13.1. The van der Waals surface area contributed by atoms with E-state index in [0.29, 0.717) is 22.7 Å². The predicted octanol–water partition coefficient (Wildman–Crippen LogP) is 1.14. The van der Waals surface area contributed by atoms with E-state index in [9.17, 15) is 4.79 Å². The number of nitrogens with zero attached hydrogens (tertiary/aromatic N) is 1. The van der Waals surface area contributed by atoms with Crippen molar-refractivity contribution in [1.82, 2.24) is 5.32 Å². The second kappa shape index (κ2) is 5.09. The van der Waals surface area contributed by atoms with Crippen LogP contribution >= 0.6 is 0 Å². The van der Waals surface area contributed by atoms with Gasteiger partial charge in [0.05, 0.1) is 32.2 Å². The minimum absolute atomic E-state index is 0.118. The average molecular weight is 263 g/mol. The van der Waals surface area contributed by atoms with Gasteiger partial charge >= 0.3 is 5.97 Å². The molecule has 1 aromatic rings. The van der Waals surface area contributed by atoms with Gasteiger partial charge in [-0.05, 0) is 13.0 Å². The van der Waals surface area contributed by atoms with Gasteiger partial charge < -0.3 is 19.9 Å². The summed E-state index contributed by atoms with van der Waals surface area (Å²) in [5.74, 6) is 0.529. The fourth-order valence-electron chi connectivity index (χ4n) is 1.84. The SMILES string of the molecule is CCOC(=O)C1=C(N)c2cc(OC)c(OC)cc2[N]1. The van der Waals surface area contributed by atoms with Gasteiger partial charge in [-0.25, -0.2) is 10.1 Å². The lowest BCUT2D eigenvalue weighted by atomic mass is 10.1. The van der Waals surface area contributed by atoms with Gasteiger partial charge in [-0.3, -0.25) is 0 Å². The minimum Gasteiger partial charge on any atom is -0.493 e. The summed E-state index contributed by atoms with van der Waals surface area (Å²) in [5, 5.41) is 4.18. The molecule has 0 spiro atoms. The second-order valence-corrected chi connectivity index (χ2v) is 3.82. The Balaban J connectivity index is 2.42. The highest BCUT2D eigenvalue weighted by Crippen LogP contribution is 2.40. The molecular weight excluding hydrogens is 248 g/mol. The van der Waals surface area contributed by atoms with Crippen LogP contribution in [-0.2, 0) is 9.53 Å². The third kappa shape index (κ3) is 2.16. The molecule has 19 heavy (non-hydrogen) atoms. The number of ether oxygens (including phenoxy) is 3. The maximum atomic E-state index is 11.7. The number of benzene rings is 1. The van der Waals surface area contributed by atoms with Crippen molar-refractivity contribution >= 4 is 17.4 Å². The van der Waals surface area contributed by atoms with Gasteiger partial charge in [-0.1, -0.05) is 0 Å². The molecule has 1 heterocycles. The molecule has 2 rings (SSSR count). The number of hydrogen-bond donors (Lipinski definition) is 1.